The number of hydrogen-bond donors (Lipinski definition) is 15. The van der Waals surface area contributed by atoms with Gasteiger partial charge in [-0.2, -0.15) is 0 Å². The van der Waals surface area contributed by atoms with Gasteiger partial charge in [-0.25, -0.2) is 19.2 Å². The van der Waals surface area contributed by atoms with E-state index >= 15 is 0 Å². The van der Waals surface area contributed by atoms with E-state index in [1.807, 2.05) is 6.07 Å². The van der Waals surface area contributed by atoms with Crippen molar-refractivity contribution in [1.82, 2.24) is 42.5 Å². The molecule has 0 heterocycles. The summed E-state index contributed by atoms with van der Waals surface area (Å²) in [5.74, 6) is -7.50. The predicted octanol–water partition coefficient (Wildman–Crippen LogP) is 5.79. The molecule has 9 amide bonds. The smallest absolute Gasteiger partial charge is 0.408 e. The van der Waals surface area contributed by atoms with Gasteiger partial charge in [0.05, 0.1) is 0 Å². The highest BCUT2D eigenvalue weighted by Gasteiger charge is 2.34. The second kappa shape index (κ2) is 50.4. The molecule has 31 nitrogen and oxygen atoms in total. The number of halogens is 2. The lowest BCUT2D eigenvalue weighted by Crippen LogP contribution is -2.59. The summed E-state index contributed by atoms with van der Waals surface area (Å²) >= 11 is 0. The normalized spacial score (nSPS) is 13.5. The fourth-order valence-electron chi connectivity index (χ4n) is 8.92. The van der Waals surface area contributed by atoms with Crippen LogP contribution in [0, 0.1) is 0 Å². The molecule has 0 spiro atoms. The van der Waals surface area contributed by atoms with Gasteiger partial charge in [0, 0.05) is 60.6 Å². The van der Waals surface area contributed by atoms with E-state index in [0.717, 1.165) is 18.1 Å². The maximum absolute atomic E-state index is 14.1. The molecular formula is C72H115ClIN15O16. The third kappa shape index (κ3) is 46.4. The molecule has 7 atom stereocenters. The molecule has 0 saturated heterocycles. The number of carboxylic acids is 2. The average Bonchev–Trinajstić information content (AvgIpc) is 0.807. The van der Waals surface area contributed by atoms with Gasteiger partial charge in [-0.05, 0) is 129 Å². The third-order valence-electron chi connectivity index (χ3n) is 13.4. The SMILES string of the molecule is C.CC(=O)O.CC(C)(C)OC(=O)N[C@@H](Cc1ccccc1)C(=O)N[C@H](CCCN=C(N)N)C(=O)N[C@@H](Cc1ccccc1)C(=O)O.Cl.I.[2HH].[2H]C([2H])(CNC(=O)OC(C)(C)C)C([2H])([2H])C[C@H](NC(=O)[C@H](Cc1ccccc1)NC(=O)[C@@H](CCCN=C(N)N)NC(=O)[C@H](Cc1ccccc1)NC(=O)OC(C)(C)C)C(N)=O.[HH]. The molecule has 0 aliphatic carbocycles. The van der Waals surface area contributed by atoms with Crippen LogP contribution >= 0.6 is 36.4 Å². The van der Waals surface area contributed by atoms with Gasteiger partial charge in [-0.3, -0.25) is 43.5 Å². The fraction of sp³-hybridized carbons (Fsp3) is 0.486. The highest BCUT2D eigenvalue weighted by Crippen LogP contribution is 2.15. The van der Waals surface area contributed by atoms with E-state index in [1.54, 1.807) is 178 Å². The number of guanidine groups is 2. The summed E-state index contributed by atoms with van der Waals surface area (Å²) in [6.45, 7) is 15.3. The van der Waals surface area contributed by atoms with E-state index in [1.165, 1.54) is 0 Å². The van der Waals surface area contributed by atoms with Crippen molar-refractivity contribution in [2.45, 2.75) is 206 Å². The van der Waals surface area contributed by atoms with Crippen LogP contribution in [0.15, 0.2) is 131 Å². The van der Waals surface area contributed by atoms with Crippen molar-refractivity contribution in [2.75, 3.05) is 19.6 Å². The van der Waals surface area contributed by atoms with Gasteiger partial charge in [-0.15, -0.1) is 36.4 Å². The first kappa shape index (κ1) is 89.2. The Labute approximate surface area is 647 Å². The summed E-state index contributed by atoms with van der Waals surface area (Å²) in [5, 5.41) is 37.4. The Morgan fingerprint density at radius 1 is 0.438 bits per heavy atom. The summed E-state index contributed by atoms with van der Waals surface area (Å²) in [6, 6.07) is 25.9. The first-order valence-electron chi connectivity index (χ1n) is 34.7. The summed E-state index contributed by atoms with van der Waals surface area (Å²) in [7, 11) is 0. The second-order valence-electron chi connectivity index (χ2n) is 26.0. The fourth-order valence-corrected chi connectivity index (χ4v) is 8.92. The Kier molecular flexibility index (Phi) is 42.8. The molecule has 0 aromatic heterocycles. The van der Waals surface area contributed by atoms with Gasteiger partial charge in [-0.1, -0.05) is 129 Å². The van der Waals surface area contributed by atoms with Crippen molar-refractivity contribution in [3.8, 4) is 0 Å². The zero-order chi connectivity index (χ0) is 80.2. The van der Waals surface area contributed by atoms with Crippen molar-refractivity contribution in [3.63, 3.8) is 0 Å². The summed E-state index contributed by atoms with van der Waals surface area (Å²) < 4.78 is 49.6. The predicted molar refractivity (Wildman–Crippen MR) is 418 cm³/mol. The van der Waals surface area contributed by atoms with Crippen LogP contribution < -0.4 is 71.2 Å². The lowest BCUT2D eigenvalue weighted by atomic mass is 10.0. The number of carboxylic acid groups (broad SMARTS) is 2. The van der Waals surface area contributed by atoms with E-state index in [9.17, 15) is 53.1 Å². The van der Waals surface area contributed by atoms with Crippen LogP contribution in [-0.2, 0) is 78.3 Å². The number of carbonyl (C=O) groups is 11. The molecule has 4 aromatic carbocycles. The number of ether oxygens (including phenoxy) is 3. The van der Waals surface area contributed by atoms with Gasteiger partial charge >= 0.3 is 24.2 Å². The maximum atomic E-state index is 14.1. The number of aliphatic imine (C=N–C) groups is 2. The zero-order valence-electron chi connectivity index (χ0n) is 64.3. The maximum Gasteiger partial charge on any atom is 0.408 e. The molecule has 0 saturated carbocycles. The number of nitrogens with one attached hydrogen (secondary N) is 8. The van der Waals surface area contributed by atoms with Gasteiger partial charge in [0.2, 0.25) is 35.4 Å². The molecule has 33 heteroatoms. The van der Waals surface area contributed by atoms with Crippen LogP contribution in [0.25, 0.3) is 0 Å². The van der Waals surface area contributed by atoms with E-state index < -0.39 is 150 Å². The Morgan fingerprint density at radius 3 is 1.00 bits per heavy atom. The Morgan fingerprint density at radius 2 is 0.705 bits per heavy atom. The molecular weight excluding hydrogens is 1490 g/mol. The van der Waals surface area contributed by atoms with Gasteiger partial charge in [0.25, 0.3) is 5.97 Å². The number of alkyl carbamates (subject to hydrolysis) is 3. The van der Waals surface area contributed by atoms with Crippen LogP contribution in [0.1, 0.15) is 152 Å². The van der Waals surface area contributed by atoms with E-state index in [2.05, 4.69) is 52.5 Å². The van der Waals surface area contributed by atoms with Gasteiger partial charge in [0.15, 0.2) is 11.9 Å². The lowest BCUT2D eigenvalue weighted by molar-refractivity contribution is -0.142. The molecule has 4 aromatic rings. The Bertz CT molecular complexity index is 3580. The number of carbonyl (C=O) groups excluding carboxylic acids is 9. The van der Waals surface area contributed by atoms with E-state index in [4.69, 9.17) is 58.3 Å². The number of rotatable bonds is 35. The Balaban J connectivity index is -0.000000999. The van der Waals surface area contributed by atoms with Gasteiger partial charge in [0.1, 0.15) is 59.1 Å². The van der Waals surface area contributed by atoms with Gasteiger partial charge < -0.3 is 95.6 Å². The highest BCUT2D eigenvalue weighted by atomic mass is 127. The van der Waals surface area contributed by atoms with Crippen molar-refractivity contribution in [3.05, 3.63) is 144 Å². The van der Waals surface area contributed by atoms with Crippen LogP contribution in [0.4, 0.5) is 14.4 Å². The highest BCUT2D eigenvalue weighted by molar-refractivity contribution is 14.0. The summed E-state index contributed by atoms with van der Waals surface area (Å²) in [4.78, 5) is 148. The summed E-state index contributed by atoms with van der Waals surface area (Å²) in [6.07, 6.45) is -8.68. The van der Waals surface area contributed by atoms with Crippen LogP contribution in [0.2, 0.25) is 0 Å². The largest absolute Gasteiger partial charge is 0.481 e. The van der Waals surface area contributed by atoms with E-state index in [-0.39, 0.29) is 117 Å². The number of hydrogen-bond acceptors (Lipinski definition) is 16. The number of primary amides is 1. The number of aliphatic carboxylic acids is 2. The molecule has 0 aliphatic heterocycles. The van der Waals surface area contributed by atoms with Crippen molar-refractivity contribution < 1.29 is 85.5 Å². The molecule has 20 N–H and O–H groups in total. The van der Waals surface area contributed by atoms with Crippen molar-refractivity contribution >= 4 is 114 Å². The zero-order valence-corrected chi connectivity index (χ0v) is 63.4. The number of nitrogens with two attached hydrogens (primary N) is 5. The monoisotopic (exact) mass is 1610 g/mol. The lowest BCUT2D eigenvalue weighted by Gasteiger charge is -2.27. The number of nitrogens with zero attached hydrogens (tertiary/aromatic N) is 2. The van der Waals surface area contributed by atoms with E-state index in [0.29, 0.717) is 17.5 Å². The minimum Gasteiger partial charge on any atom is -0.481 e. The number of amides is 9. The molecule has 0 fully saturated rings. The van der Waals surface area contributed by atoms with Crippen molar-refractivity contribution in [2.24, 2.45) is 38.7 Å². The molecule has 0 bridgehead atoms. The second-order valence-corrected chi connectivity index (χ2v) is 26.0. The van der Waals surface area contributed by atoms with Crippen LogP contribution in [0.3, 0.4) is 0 Å². The minimum absolute atomic E-state index is 0. The minimum atomic E-state index is -2.86. The molecule has 4 rings (SSSR count). The van der Waals surface area contributed by atoms with Crippen molar-refractivity contribution in [1.29, 1.82) is 0 Å². The first-order valence-corrected chi connectivity index (χ1v) is 32.7. The standard InChI is InChI=1S/C40H61N9O8.C29H40N6O6.C2H4O2.CH4.ClH.HI.2H2/c1-39(2,3)56-37(54)45-22-14-13-20-28(32(41)50)46-34(52)30(24-26-16-9-7-10-17-26)48-33(51)29(21-15-23-44-36(42)43)47-35(53)31(25-27-18-11-8-12-19-27)49-38(55)57-40(4,5)6;1-29(2,3)41-28(40)35-22(17-19-11-6-4-7-12-19)25(37)33-21(15-10-16-32-27(30)31)24(36)34-23(26(38)39)18-20-13-8-5-9-14-20;1-2(3)4;;;;;/h7-12,16-19,28-31H,13-15,20-25H2,1-6H3,(H2,41,50)(H,45,54)(H,46,52)(H,47,53)(H,48,51)(H,49,55)(H4,42,43,44);4-9,11-14,21-23H,10,15-18H2,1-3H3,(H,33,37)(H,34,36)(H,35,40)(H,38,39)(H4,30,31,32);1H3,(H,3,4);1H4;4*1H/t28-,29+,30-,31-;21-,22+,23+;;;;;;/m01....../s1/i13D2,14D2;;;;;;1+1;. The molecule has 0 aliphatic rings. The molecule has 588 valence electrons. The summed E-state index contributed by atoms with van der Waals surface area (Å²) in [5.41, 5.74) is 27.5. The topological polar surface area (TPSA) is 507 Å². The molecule has 105 heavy (non-hydrogen) atoms. The van der Waals surface area contributed by atoms with Crippen LogP contribution in [-0.4, -0.2) is 167 Å². The average molecular weight is 1610 g/mol. The quantitative estimate of drug-likeness (QED) is 0.00852. The number of benzene rings is 4. The van der Waals surface area contributed by atoms with Crippen LogP contribution in [0.5, 0.6) is 0 Å². The Hall–Kier alpha value is -9.99. The molecule has 0 unspecified atom stereocenters. The first-order chi connectivity index (χ1) is 49.2. The third-order valence-corrected chi connectivity index (χ3v) is 13.4. The molecule has 0 radical (unpaired) electrons.